The number of alkyl halides is 2. The van der Waals surface area contributed by atoms with Crippen LogP contribution in [-0.2, 0) is 0 Å². The van der Waals surface area contributed by atoms with Gasteiger partial charge in [-0.3, -0.25) is 0 Å². The highest BCUT2D eigenvalue weighted by Gasteiger charge is 2.30. The van der Waals surface area contributed by atoms with Crippen molar-refractivity contribution in [3.8, 4) is 0 Å². The van der Waals surface area contributed by atoms with Gasteiger partial charge in [-0.25, -0.2) is 0 Å². The largest absolute Gasteiger partial charge is 0.125 e. The van der Waals surface area contributed by atoms with E-state index in [-0.39, 0.29) is 10.8 Å². The van der Waals surface area contributed by atoms with E-state index in [9.17, 15) is 0 Å². The van der Waals surface area contributed by atoms with Gasteiger partial charge in [0.1, 0.15) is 0 Å². The second-order valence-corrected chi connectivity index (χ2v) is 5.47. The Labute approximate surface area is 117 Å². The molecule has 0 fully saturated rings. The molecule has 0 N–H and O–H groups in total. The summed E-state index contributed by atoms with van der Waals surface area (Å²) in [5.74, 6) is 0.462. The van der Waals surface area contributed by atoms with Crippen molar-refractivity contribution in [3.05, 3.63) is 25.3 Å². The van der Waals surface area contributed by atoms with E-state index in [0.717, 1.165) is 12.8 Å². The quantitative estimate of drug-likeness (QED) is 0.249. The number of hydrogen-bond donors (Lipinski definition) is 0. The summed E-state index contributed by atoms with van der Waals surface area (Å²) >= 11 is 12.4. The lowest BCUT2D eigenvalue weighted by Gasteiger charge is -2.29. The van der Waals surface area contributed by atoms with Crippen molar-refractivity contribution in [3.63, 3.8) is 0 Å². The van der Waals surface area contributed by atoms with Gasteiger partial charge in [0.15, 0.2) is 0 Å². The molecule has 0 spiro atoms. The van der Waals surface area contributed by atoms with E-state index in [2.05, 4.69) is 20.1 Å². The molecule has 0 amide bonds. The first kappa shape index (κ1) is 17.1. The standard InChI is InChI=1S/C15H26Cl2/c1-4-7-8-9-10-11-12-14(17)15(5-2,6-3)13-16/h5-6,14H,2-4,7-13H2,1H3. The number of hydrogen-bond acceptors (Lipinski definition) is 0. The average molecular weight is 277 g/mol. The van der Waals surface area contributed by atoms with Crippen LogP contribution in [0.15, 0.2) is 25.3 Å². The fraction of sp³-hybridized carbons (Fsp3) is 0.733. The Bertz CT molecular complexity index is 203. The molecule has 0 rings (SSSR count). The molecular weight excluding hydrogens is 251 g/mol. The Balaban J connectivity index is 3.87. The molecule has 0 aromatic rings. The first-order valence-corrected chi connectivity index (χ1v) is 7.61. The highest BCUT2D eigenvalue weighted by molar-refractivity contribution is 6.23. The van der Waals surface area contributed by atoms with E-state index >= 15 is 0 Å². The summed E-state index contributed by atoms with van der Waals surface area (Å²) in [6.45, 7) is 9.88. The first-order valence-electron chi connectivity index (χ1n) is 6.64. The maximum absolute atomic E-state index is 6.42. The normalized spacial score (nSPS) is 13.4. The molecule has 0 aromatic heterocycles. The second kappa shape index (κ2) is 10.0. The van der Waals surface area contributed by atoms with E-state index < -0.39 is 0 Å². The zero-order chi connectivity index (χ0) is 13.1. The van der Waals surface area contributed by atoms with Crippen molar-refractivity contribution in [2.45, 2.75) is 57.2 Å². The Morgan fingerprint density at radius 2 is 1.59 bits per heavy atom. The Morgan fingerprint density at radius 3 is 2.06 bits per heavy atom. The van der Waals surface area contributed by atoms with Gasteiger partial charge in [0, 0.05) is 16.7 Å². The molecule has 1 atom stereocenters. The number of unbranched alkanes of at least 4 members (excludes halogenated alkanes) is 5. The van der Waals surface area contributed by atoms with E-state index in [1.807, 2.05) is 12.2 Å². The summed E-state index contributed by atoms with van der Waals surface area (Å²) in [6.07, 6.45) is 12.4. The maximum atomic E-state index is 6.42. The fourth-order valence-corrected chi connectivity index (χ4v) is 2.80. The highest BCUT2D eigenvalue weighted by atomic mass is 35.5. The molecule has 1 unspecified atom stereocenters. The van der Waals surface area contributed by atoms with E-state index in [4.69, 9.17) is 23.2 Å². The molecule has 0 aliphatic heterocycles. The lowest BCUT2D eigenvalue weighted by molar-refractivity contribution is 0.470. The number of rotatable bonds is 11. The summed E-state index contributed by atoms with van der Waals surface area (Å²) < 4.78 is 0. The molecule has 100 valence electrons. The van der Waals surface area contributed by atoms with Crippen molar-refractivity contribution < 1.29 is 0 Å². The predicted molar refractivity (Wildman–Crippen MR) is 81.2 cm³/mol. The maximum Gasteiger partial charge on any atom is 0.0472 e. The minimum Gasteiger partial charge on any atom is -0.125 e. The third-order valence-corrected chi connectivity index (χ3v) is 4.47. The topological polar surface area (TPSA) is 0 Å². The smallest absolute Gasteiger partial charge is 0.0472 e. The summed E-state index contributed by atoms with van der Waals surface area (Å²) in [6, 6.07) is 0. The Hall–Kier alpha value is 0.0600. The van der Waals surface area contributed by atoms with Crippen molar-refractivity contribution in [2.24, 2.45) is 5.41 Å². The van der Waals surface area contributed by atoms with E-state index in [1.54, 1.807) is 0 Å². The Morgan fingerprint density at radius 1 is 1.06 bits per heavy atom. The summed E-state index contributed by atoms with van der Waals surface area (Å²) in [4.78, 5) is 0. The van der Waals surface area contributed by atoms with Gasteiger partial charge in [0.25, 0.3) is 0 Å². The van der Waals surface area contributed by atoms with Crippen LogP contribution in [0.4, 0.5) is 0 Å². The summed E-state index contributed by atoms with van der Waals surface area (Å²) in [7, 11) is 0. The molecule has 0 heterocycles. The molecule has 0 saturated heterocycles. The predicted octanol–water partition coefficient (Wildman–Crippen LogP) is 5.94. The lowest BCUT2D eigenvalue weighted by Crippen LogP contribution is -2.28. The molecule has 0 aliphatic carbocycles. The van der Waals surface area contributed by atoms with Crippen molar-refractivity contribution in [1.82, 2.24) is 0 Å². The highest BCUT2D eigenvalue weighted by Crippen LogP contribution is 2.34. The van der Waals surface area contributed by atoms with Crippen LogP contribution in [-0.4, -0.2) is 11.3 Å². The van der Waals surface area contributed by atoms with Gasteiger partial charge < -0.3 is 0 Å². The molecule has 0 bridgehead atoms. The van der Waals surface area contributed by atoms with Crippen LogP contribution in [0.1, 0.15) is 51.9 Å². The SMILES string of the molecule is C=CC(C=C)(CCl)C(Cl)CCCCCCCC. The van der Waals surface area contributed by atoms with Crippen molar-refractivity contribution in [1.29, 1.82) is 0 Å². The summed E-state index contributed by atoms with van der Waals surface area (Å²) in [5.41, 5.74) is -0.313. The molecule has 0 aromatic carbocycles. The molecule has 0 nitrogen and oxygen atoms in total. The minimum atomic E-state index is -0.313. The van der Waals surface area contributed by atoms with Crippen LogP contribution in [0.3, 0.4) is 0 Å². The summed E-state index contributed by atoms with van der Waals surface area (Å²) in [5, 5.41) is 0.0150. The van der Waals surface area contributed by atoms with Gasteiger partial charge in [-0.05, 0) is 6.42 Å². The van der Waals surface area contributed by atoms with Gasteiger partial charge in [0.2, 0.25) is 0 Å². The zero-order valence-electron chi connectivity index (χ0n) is 11.1. The van der Waals surface area contributed by atoms with Crippen LogP contribution in [0.5, 0.6) is 0 Å². The average Bonchev–Trinajstić information content (AvgIpc) is 2.36. The van der Waals surface area contributed by atoms with Crippen molar-refractivity contribution >= 4 is 23.2 Å². The first-order chi connectivity index (χ1) is 8.16. The molecule has 0 saturated carbocycles. The van der Waals surface area contributed by atoms with Gasteiger partial charge in [-0.1, -0.05) is 57.6 Å². The van der Waals surface area contributed by atoms with Gasteiger partial charge in [-0.15, -0.1) is 36.4 Å². The van der Waals surface area contributed by atoms with Crippen LogP contribution in [0.25, 0.3) is 0 Å². The lowest BCUT2D eigenvalue weighted by atomic mass is 9.84. The second-order valence-electron chi connectivity index (χ2n) is 4.68. The van der Waals surface area contributed by atoms with Crippen LogP contribution in [0, 0.1) is 5.41 Å². The van der Waals surface area contributed by atoms with Gasteiger partial charge >= 0.3 is 0 Å². The van der Waals surface area contributed by atoms with Crippen LogP contribution >= 0.6 is 23.2 Å². The van der Waals surface area contributed by atoms with E-state index in [0.29, 0.717) is 5.88 Å². The molecule has 17 heavy (non-hydrogen) atoms. The zero-order valence-corrected chi connectivity index (χ0v) is 12.6. The fourth-order valence-electron chi connectivity index (χ4n) is 1.90. The number of halogens is 2. The minimum absolute atomic E-state index is 0.0150. The Kier molecular flexibility index (Phi) is 10.1. The third-order valence-electron chi connectivity index (χ3n) is 3.39. The molecule has 2 heteroatoms. The monoisotopic (exact) mass is 276 g/mol. The third kappa shape index (κ3) is 5.97. The number of allylic oxidation sites excluding steroid dienone is 2. The molecule has 0 aliphatic rings. The van der Waals surface area contributed by atoms with Gasteiger partial charge in [-0.2, -0.15) is 0 Å². The molecule has 0 radical (unpaired) electrons. The molecular formula is C15H26Cl2. The van der Waals surface area contributed by atoms with Crippen LogP contribution in [0.2, 0.25) is 0 Å². The van der Waals surface area contributed by atoms with Crippen LogP contribution < -0.4 is 0 Å². The van der Waals surface area contributed by atoms with Crippen molar-refractivity contribution in [2.75, 3.05) is 5.88 Å². The van der Waals surface area contributed by atoms with E-state index in [1.165, 1.54) is 32.1 Å². The van der Waals surface area contributed by atoms with Gasteiger partial charge in [0.05, 0.1) is 0 Å².